The topological polar surface area (TPSA) is 98.8 Å². The van der Waals surface area contributed by atoms with Gasteiger partial charge in [0.15, 0.2) is 34.5 Å². The lowest BCUT2D eigenvalue weighted by Crippen LogP contribution is -2.62. The zero-order valence-corrected chi connectivity index (χ0v) is 32.1. The standard InChI is InChI=1S/C41H45BrN2O8/c1-24(41(45)46)44(3)16-14-27-20-34(48-5)36-22-30(27)32(44)18-25-7-10-29(11-8-25)51-35-19-26(9-12-33(35)47-4)17-31-38-28(13-15-43(31)2)21-37(49-6)39(50-23-42)40(38)52-36/h7-12,19-22,24,31-32H,13-18,23H2,1-6H3. The monoisotopic (exact) mass is 772 g/mol. The summed E-state index contributed by atoms with van der Waals surface area (Å²) >= 11 is 3.48. The number of carboxylic acids is 1. The lowest BCUT2D eigenvalue weighted by atomic mass is 9.85. The van der Waals surface area contributed by atoms with Crippen LogP contribution in [0, 0.1) is 0 Å². The Morgan fingerprint density at radius 1 is 0.904 bits per heavy atom. The minimum absolute atomic E-state index is 0.0954. The van der Waals surface area contributed by atoms with Crippen LogP contribution in [0.2, 0.25) is 0 Å². The van der Waals surface area contributed by atoms with E-state index in [0.717, 1.165) is 46.3 Å². The fourth-order valence-corrected chi connectivity index (χ4v) is 8.40. The van der Waals surface area contributed by atoms with E-state index in [4.69, 9.17) is 28.4 Å². The number of methoxy groups -OCH3 is 3. The Bertz CT molecular complexity index is 1990. The Morgan fingerprint density at radius 3 is 2.29 bits per heavy atom. The molecule has 4 atom stereocenters. The summed E-state index contributed by atoms with van der Waals surface area (Å²) in [5.74, 6) is 3.55. The predicted octanol–water partition coefficient (Wildman–Crippen LogP) is 6.54. The maximum atomic E-state index is 12.5. The molecule has 4 aromatic rings. The summed E-state index contributed by atoms with van der Waals surface area (Å²) in [5, 5.41) is 12.5. The lowest BCUT2D eigenvalue weighted by Gasteiger charge is -2.50. The second-order valence-electron chi connectivity index (χ2n) is 14.1. The van der Waals surface area contributed by atoms with Crippen LogP contribution in [0.4, 0.5) is 0 Å². The largest absolute Gasteiger partial charge is 0.544 e. The summed E-state index contributed by atoms with van der Waals surface area (Å²) < 4.78 is 37.7. The normalized spacial score (nSPS) is 21.4. The number of aliphatic carboxylic acids is 1. The van der Waals surface area contributed by atoms with Crippen LogP contribution in [-0.2, 0) is 30.5 Å². The van der Waals surface area contributed by atoms with Crippen LogP contribution in [-0.4, -0.2) is 75.4 Å². The second kappa shape index (κ2) is 14.5. The third kappa shape index (κ3) is 6.43. The van der Waals surface area contributed by atoms with Crippen LogP contribution in [0.15, 0.2) is 60.7 Å². The SMILES string of the molecule is COc1ccc2cc1Oc1ccc(cc1)CC1c3cc(c(OC)cc3CC[N+]1(C)C(C)C(=O)[O-])Oc1c(OCBr)c(OC)cc3c1C(C2)N(C)CC3. The molecule has 11 heteroatoms. The van der Waals surface area contributed by atoms with E-state index in [1.165, 1.54) is 0 Å². The van der Waals surface area contributed by atoms with E-state index in [2.05, 4.69) is 40.0 Å². The highest BCUT2D eigenvalue weighted by Crippen LogP contribution is 2.52. The van der Waals surface area contributed by atoms with Crippen molar-refractivity contribution in [3.8, 4) is 46.0 Å². The molecule has 274 valence electrons. The van der Waals surface area contributed by atoms with Crippen LogP contribution in [0.1, 0.15) is 52.4 Å². The zero-order chi connectivity index (χ0) is 36.7. The van der Waals surface area contributed by atoms with E-state index in [1.807, 2.05) is 55.6 Å². The number of carbonyl (C=O) groups excluding carboxylic acids is 1. The van der Waals surface area contributed by atoms with Gasteiger partial charge in [0.25, 0.3) is 0 Å². The molecule has 0 fully saturated rings. The van der Waals surface area contributed by atoms with Crippen molar-refractivity contribution in [3.05, 3.63) is 94.0 Å². The van der Waals surface area contributed by atoms with Crippen molar-refractivity contribution in [1.29, 1.82) is 0 Å². The molecule has 4 heterocycles. The number of ether oxygens (including phenoxy) is 6. The van der Waals surface area contributed by atoms with E-state index in [9.17, 15) is 9.90 Å². The first-order valence-corrected chi connectivity index (χ1v) is 18.7. The molecule has 4 aliphatic heterocycles. The van der Waals surface area contributed by atoms with Crippen LogP contribution in [0.25, 0.3) is 0 Å². The Kier molecular flexibility index (Phi) is 10.0. The van der Waals surface area contributed by atoms with E-state index >= 15 is 0 Å². The average molecular weight is 774 g/mol. The number of fused-ring (bicyclic) bond motifs is 2. The number of carboxylic acid groups (broad SMARTS) is 1. The van der Waals surface area contributed by atoms with Crippen LogP contribution in [0.5, 0.6) is 46.0 Å². The van der Waals surface area contributed by atoms with E-state index < -0.39 is 12.0 Å². The molecule has 0 aromatic heterocycles. The highest BCUT2D eigenvalue weighted by Gasteiger charge is 2.44. The summed E-state index contributed by atoms with van der Waals surface area (Å²) in [6, 6.07) is 19.1. The van der Waals surface area contributed by atoms with Gasteiger partial charge in [-0.15, -0.1) is 0 Å². The number of likely N-dealkylation sites (N-methyl/N-ethyl adjacent to an activating group) is 2. The molecule has 4 aromatic carbocycles. The van der Waals surface area contributed by atoms with Crippen molar-refractivity contribution in [2.24, 2.45) is 0 Å². The number of rotatable bonds is 7. The summed E-state index contributed by atoms with van der Waals surface area (Å²) in [5.41, 5.74) is 6.54. The number of halogens is 1. The molecule has 4 aliphatic rings. The van der Waals surface area contributed by atoms with Gasteiger partial charge in [0.2, 0.25) is 5.75 Å². The third-order valence-electron chi connectivity index (χ3n) is 11.4. The molecule has 10 nitrogen and oxygen atoms in total. The number of hydrogen-bond donors (Lipinski definition) is 0. The minimum atomic E-state index is -1.08. The maximum absolute atomic E-state index is 12.5. The van der Waals surface area contributed by atoms with Gasteiger partial charge >= 0.3 is 0 Å². The van der Waals surface area contributed by atoms with Crippen LogP contribution in [0.3, 0.4) is 0 Å². The predicted molar refractivity (Wildman–Crippen MR) is 198 cm³/mol. The molecule has 0 saturated heterocycles. The molecule has 6 bridgehead atoms. The molecule has 4 unspecified atom stereocenters. The van der Waals surface area contributed by atoms with Gasteiger partial charge in [-0.05, 0) is 107 Å². The molecular weight excluding hydrogens is 728 g/mol. The first kappa shape index (κ1) is 35.9. The maximum Gasteiger partial charge on any atom is 0.205 e. The number of benzene rings is 4. The number of alkyl halides is 1. The number of quaternary nitrogens is 1. The fourth-order valence-electron chi connectivity index (χ4n) is 8.18. The van der Waals surface area contributed by atoms with E-state index in [1.54, 1.807) is 28.3 Å². The highest BCUT2D eigenvalue weighted by atomic mass is 79.9. The van der Waals surface area contributed by atoms with Gasteiger partial charge in [0.1, 0.15) is 23.3 Å². The minimum Gasteiger partial charge on any atom is -0.544 e. The van der Waals surface area contributed by atoms with Gasteiger partial charge in [-0.2, -0.15) is 0 Å². The molecule has 8 rings (SSSR count). The third-order valence-corrected chi connectivity index (χ3v) is 11.6. The van der Waals surface area contributed by atoms with Crippen LogP contribution >= 0.6 is 15.9 Å². The van der Waals surface area contributed by atoms with E-state index in [0.29, 0.717) is 71.8 Å². The van der Waals surface area contributed by atoms with Gasteiger partial charge in [-0.3, -0.25) is 4.90 Å². The van der Waals surface area contributed by atoms with Gasteiger partial charge in [-0.1, -0.05) is 18.2 Å². The average Bonchev–Trinajstić information content (AvgIpc) is 3.14. The molecule has 0 saturated carbocycles. The Hall–Kier alpha value is -4.45. The quantitative estimate of drug-likeness (QED) is 0.153. The molecule has 0 N–H and O–H groups in total. The zero-order valence-electron chi connectivity index (χ0n) is 30.5. The number of hydrogen-bond acceptors (Lipinski definition) is 9. The molecule has 0 aliphatic carbocycles. The summed E-state index contributed by atoms with van der Waals surface area (Å²) in [6.45, 7) is 3.20. The first-order chi connectivity index (χ1) is 25.1. The molecule has 0 spiro atoms. The Labute approximate surface area is 313 Å². The van der Waals surface area contributed by atoms with Crippen molar-refractivity contribution in [3.63, 3.8) is 0 Å². The molecule has 52 heavy (non-hydrogen) atoms. The van der Waals surface area contributed by atoms with Crippen LogP contribution < -0.4 is 33.5 Å². The Morgan fingerprint density at radius 2 is 1.60 bits per heavy atom. The molecule has 0 radical (unpaired) electrons. The first-order valence-electron chi connectivity index (χ1n) is 17.6. The summed E-state index contributed by atoms with van der Waals surface area (Å²) in [6.07, 6.45) is 2.68. The van der Waals surface area contributed by atoms with Gasteiger partial charge in [0.05, 0.1) is 40.9 Å². The smallest absolute Gasteiger partial charge is 0.205 e. The van der Waals surface area contributed by atoms with Gasteiger partial charge in [-0.25, -0.2) is 0 Å². The second-order valence-corrected chi connectivity index (χ2v) is 14.5. The van der Waals surface area contributed by atoms with Crippen molar-refractivity contribution >= 4 is 21.9 Å². The van der Waals surface area contributed by atoms with Gasteiger partial charge in [0, 0.05) is 36.6 Å². The van der Waals surface area contributed by atoms with Crippen molar-refractivity contribution in [2.45, 2.75) is 50.7 Å². The van der Waals surface area contributed by atoms with Crippen molar-refractivity contribution in [1.82, 2.24) is 4.90 Å². The van der Waals surface area contributed by atoms with Gasteiger partial charge < -0.3 is 42.8 Å². The molecule has 0 amide bonds. The molecular formula is C41H45BrN2O8. The number of carbonyl (C=O) groups is 1. The van der Waals surface area contributed by atoms with E-state index in [-0.39, 0.29) is 22.1 Å². The van der Waals surface area contributed by atoms with Crippen molar-refractivity contribution < 1.29 is 42.8 Å². The van der Waals surface area contributed by atoms with Crippen molar-refractivity contribution in [2.75, 3.05) is 54.0 Å². The Balaban J connectivity index is 1.50. The highest BCUT2D eigenvalue weighted by molar-refractivity contribution is 9.09. The number of nitrogens with zero attached hydrogens (tertiary/aromatic N) is 2. The fraction of sp³-hybridized carbons (Fsp3) is 0.390. The summed E-state index contributed by atoms with van der Waals surface area (Å²) in [7, 11) is 9.06. The summed E-state index contributed by atoms with van der Waals surface area (Å²) in [4.78, 5) is 14.9. The lowest BCUT2D eigenvalue weighted by molar-refractivity contribution is -0.956.